The van der Waals surface area contributed by atoms with Gasteiger partial charge in [-0.2, -0.15) is 0 Å². The SMILES string of the molecule is CC/C=C\C/C=C\C/C=C\C/C=C\CCCCCCCCCCC(=O)NC(COC1OC(CO)C(OC2OC(CO)C(O)C(O)C2O)C(O)C1O)C(O)/C=C/CCCCCCCCCCCCCCCCCCCCCCCCCC. The van der Waals surface area contributed by atoms with Crippen molar-refractivity contribution in [1.29, 1.82) is 0 Å². The lowest BCUT2D eigenvalue weighted by atomic mass is 9.97. The number of aliphatic hydroxyl groups excluding tert-OH is 8. The minimum atomic E-state index is -1.79. The number of nitrogens with one attached hydrogen (secondary N) is 1. The van der Waals surface area contributed by atoms with Gasteiger partial charge in [-0.15, -0.1) is 0 Å². The molecule has 2 aliphatic heterocycles. The smallest absolute Gasteiger partial charge is 0.220 e. The van der Waals surface area contributed by atoms with E-state index in [0.29, 0.717) is 6.42 Å². The predicted molar refractivity (Wildman–Crippen MR) is 327 cm³/mol. The molecular formula is C67H121NO13. The second kappa shape index (κ2) is 52.1. The molecule has 472 valence electrons. The zero-order valence-corrected chi connectivity index (χ0v) is 51.0. The molecule has 81 heavy (non-hydrogen) atoms. The van der Waals surface area contributed by atoms with Gasteiger partial charge in [0.2, 0.25) is 5.91 Å². The molecule has 2 saturated heterocycles. The van der Waals surface area contributed by atoms with E-state index in [2.05, 4.69) is 67.8 Å². The van der Waals surface area contributed by atoms with E-state index >= 15 is 0 Å². The first kappa shape index (κ1) is 74.8. The maximum absolute atomic E-state index is 13.3. The summed E-state index contributed by atoms with van der Waals surface area (Å²) in [6, 6.07) is -0.923. The van der Waals surface area contributed by atoms with Gasteiger partial charge < -0.3 is 65.1 Å². The van der Waals surface area contributed by atoms with Crippen molar-refractivity contribution >= 4 is 5.91 Å². The van der Waals surface area contributed by atoms with Crippen molar-refractivity contribution in [2.24, 2.45) is 0 Å². The fourth-order valence-corrected chi connectivity index (χ4v) is 10.7. The van der Waals surface area contributed by atoms with Crippen molar-refractivity contribution in [2.75, 3.05) is 19.8 Å². The van der Waals surface area contributed by atoms with E-state index in [4.69, 9.17) is 18.9 Å². The predicted octanol–water partition coefficient (Wildman–Crippen LogP) is 12.5. The van der Waals surface area contributed by atoms with Crippen LogP contribution < -0.4 is 5.32 Å². The Bertz CT molecular complexity index is 1590. The van der Waals surface area contributed by atoms with Gasteiger partial charge in [-0.25, -0.2) is 0 Å². The topological polar surface area (TPSA) is 228 Å². The fraction of sp³-hybridized carbons (Fsp3) is 0.836. The first-order valence-corrected chi connectivity index (χ1v) is 33.0. The van der Waals surface area contributed by atoms with Gasteiger partial charge in [0.25, 0.3) is 0 Å². The summed E-state index contributed by atoms with van der Waals surface area (Å²) in [7, 11) is 0. The third-order valence-electron chi connectivity index (χ3n) is 16.0. The van der Waals surface area contributed by atoms with Crippen molar-refractivity contribution < 1.29 is 64.6 Å². The Hall–Kier alpha value is -2.31. The molecule has 14 heteroatoms. The van der Waals surface area contributed by atoms with Gasteiger partial charge >= 0.3 is 0 Å². The van der Waals surface area contributed by atoms with Crippen LogP contribution in [0.1, 0.15) is 264 Å². The largest absolute Gasteiger partial charge is 0.394 e. The maximum atomic E-state index is 13.3. The summed E-state index contributed by atoms with van der Waals surface area (Å²) in [5.41, 5.74) is 0. The van der Waals surface area contributed by atoms with Crippen LogP contribution in [-0.2, 0) is 23.7 Å². The molecule has 2 aliphatic rings. The molecule has 9 N–H and O–H groups in total. The molecule has 12 atom stereocenters. The molecule has 2 heterocycles. The average Bonchev–Trinajstić information content (AvgIpc) is 3.47. The number of unbranched alkanes of at least 4 members (excludes halogenated alkanes) is 32. The number of aliphatic hydroxyl groups is 8. The molecule has 0 bridgehead atoms. The third-order valence-corrected chi connectivity index (χ3v) is 16.0. The molecular weight excluding hydrogens is 1030 g/mol. The number of carbonyl (C=O) groups excluding carboxylic acids is 1. The molecule has 0 spiro atoms. The van der Waals surface area contributed by atoms with Gasteiger partial charge in [0, 0.05) is 6.42 Å². The summed E-state index contributed by atoms with van der Waals surface area (Å²) < 4.78 is 22.8. The normalized spacial score (nSPS) is 24.5. The molecule has 0 aromatic rings. The maximum Gasteiger partial charge on any atom is 0.220 e. The fourth-order valence-electron chi connectivity index (χ4n) is 10.7. The zero-order chi connectivity index (χ0) is 58.8. The van der Waals surface area contributed by atoms with Crippen LogP contribution in [0.25, 0.3) is 0 Å². The van der Waals surface area contributed by atoms with E-state index in [9.17, 15) is 45.6 Å². The highest BCUT2D eigenvalue weighted by atomic mass is 16.7. The van der Waals surface area contributed by atoms with Gasteiger partial charge in [-0.3, -0.25) is 4.79 Å². The highest BCUT2D eigenvalue weighted by Crippen LogP contribution is 2.30. The number of rotatable bonds is 53. The van der Waals surface area contributed by atoms with Crippen LogP contribution in [0.5, 0.6) is 0 Å². The van der Waals surface area contributed by atoms with E-state index in [1.54, 1.807) is 6.08 Å². The lowest BCUT2D eigenvalue weighted by molar-refractivity contribution is -0.359. The lowest BCUT2D eigenvalue weighted by Crippen LogP contribution is -2.65. The van der Waals surface area contributed by atoms with Crippen LogP contribution in [0.15, 0.2) is 60.8 Å². The van der Waals surface area contributed by atoms with Gasteiger partial charge in [0.15, 0.2) is 12.6 Å². The van der Waals surface area contributed by atoms with E-state index < -0.39 is 86.8 Å². The number of allylic oxidation sites excluding steroid dienone is 9. The Balaban J connectivity index is 1.72. The summed E-state index contributed by atoms with van der Waals surface area (Å²) in [6.45, 7) is 2.71. The van der Waals surface area contributed by atoms with Crippen LogP contribution in [-0.4, -0.2) is 140 Å². The summed E-state index contributed by atoms with van der Waals surface area (Å²) in [6.07, 6.45) is 51.2. The minimum Gasteiger partial charge on any atom is -0.394 e. The molecule has 0 saturated carbocycles. The lowest BCUT2D eigenvalue weighted by Gasteiger charge is -2.46. The Morgan fingerprint density at radius 3 is 1.31 bits per heavy atom. The molecule has 12 unspecified atom stereocenters. The van der Waals surface area contributed by atoms with Crippen LogP contribution in [0.2, 0.25) is 0 Å². The zero-order valence-electron chi connectivity index (χ0n) is 51.0. The van der Waals surface area contributed by atoms with Crippen molar-refractivity contribution in [3.63, 3.8) is 0 Å². The van der Waals surface area contributed by atoms with Gasteiger partial charge in [-0.05, 0) is 57.8 Å². The molecule has 0 radical (unpaired) electrons. The Labute approximate surface area is 492 Å². The number of ether oxygens (including phenoxy) is 4. The van der Waals surface area contributed by atoms with Crippen LogP contribution >= 0.6 is 0 Å². The first-order valence-electron chi connectivity index (χ1n) is 33.0. The van der Waals surface area contributed by atoms with Crippen molar-refractivity contribution in [2.45, 2.75) is 338 Å². The molecule has 0 aromatic heterocycles. The first-order chi connectivity index (χ1) is 39.6. The quantitative estimate of drug-likeness (QED) is 0.0204. The number of carbonyl (C=O) groups is 1. The average molecular weight is 1150 g/mol. The van der Waals surface area contributed by atoms with Crippen LogP contribution in [0.3, 0.4) is 0 Å². The van der Waals surface area contributed by atoms with E-state index in [1.165, 1.54) is 167 Å². The monoisotopic (exact) mass is 1150 g/mol. The second-order valence-corrected chi connectivity index (χ2v) is 23.2. The van der Waals surface area contributed by atoms with Crippen LogP contribution in [0, 0.1) is 0 Å². The number of hydrogen-bond acceptors (Lipinski definition) is 13. The standard InChI is InChI=1S/C67H121NO13/c1-3-5-7-9-11-13-15-17-19-21-23-25-26-27-28-29-31-32-34-36-38-40-42-44-46-48-50-56(71)55(54-78-66-64(77)62(75)65(58(53-70)80-66)81-67-63(76)61(74)60(73)57(52-69)79-67)68-59(72)51-49-47-45-43-41-39-37-35-33-30-24-22-20-18-16-14-12-10-8-6-4-2/h6,8,12,14,18,20,24,30,48,50,55-58,60-67,69-71,73-77H,3-5,7,9-11,13,15-17,19,21-23,25-29,31-47,49,51-54H2,1-2H3,(H,68,72)/b8-6-,14-12-,20-18-,30-24-,50-48+. The van der Waals surface area contributed by atoms with Gasteiger partial charge in [-0.1, -0.05) is 261 Å². The van der Waals surface area contributed by atoms with Crippen molar-refractivity contribution in [3.8, 4) is 0 Å². The molecule has 2 fully saturated rings. The summed E-state index contributed by atoms with van der Waals surface area (Å²) in [5, 5.41) is 87.3. The molecule has 1 amide bonds. The Morgan fingerprint density at radius 2 is 0.852 bits per heavy atom. The molecule has 14 nitrogen and oxygen atoms in total. The second-order valence-electron chi connectivity index (χ2n) is 23.2. The Morgan fingerprint density at radius 1 is 0.457 bits per heavy atom. The molecule has 0 aromatic carbocycles. The van der Waals surface area contributed by atoms with Gasteiger partial charge in [0.05, 0.1) is 32.0 Å². The Kier molecular flexibility index (Phi) is 48.1. The third kappa shape index (κ3) is 37.0. The minimum absolute atomic E-state index is 0.247. The number of hydrogen-bond donors (Lipinski definition) is 9. The van der Waals surface area contributed by atoms with Crippen LogP contribution in [0.4, 0.5) is 0 Å². The number of amides is 1. The summed E-state index contributed by atoms with van der Waals surface area (Å²) >= 11 is 0. The molecule has 2 rings (SSSR count). The highest BCUT2D eigenvalue weighted by molar-refractivity contribution is 5.76. The highest BCUT2D eigenvalue weighted by Gasteiger charge is 2.51. The molecule has 0 aliphatic carbocycles. The van der Waals surface area contributed by atoms with E-state index in [-0.39, 0.29) is 18.9 Å². The summed E-state index contributed by atoms with van der Waals surface area (Å²) in [4.78, 5) is 13.3. The van der Waals surface area contributed by atoms with Crippen molar-refractivity contribution in [3.05, 3.63) is 60.8 Å². The summed E-state index contributed by atoms with van der Waals surface area (Å²) in [5.74, 6) is -0.247. The van der Waals surface area contributed by atoms with E-state index in [1.807, 2.05) is 6.08 Å². The van der Waals surface area contributed by atoms with Crippen molar-refractivity contribution in [1.82, 2.24) is 5.32 Å². The van der Waals surface area contributed by atoms with Gasteiger partial charge in [0.1, 0.15) is 48.8 Å². The van der Waals surface area contributed by atoms with E-state index in [0.717, 1.165) is 70.6 Å².